The van der Waals surface area contributed by atoms with Gasteiger partial charge in [-0.3, -0.25) is 0 Å². The van der Waals surface area contributed by atoms with Crippen LogP contribution in [0.2, 0.25) is 0 Å². The zero-order chi connectivity index (χ0) is 14.2. The van der Waals surface area contributed by atoms with Crippen LogP contribution in [0.5, 0.6) is 0 Å². The molecule has 1 rings (SSSR count). The quantitative estimate of drug-likeness (QED) is 0.570. The molecule has 18 heavy (non-hydrogen) atoms. The molecule has 0 amide bonds. The molecule has 1 aliphatic carbocycles. The largest absolute Gasteiger partial charge is 0.442 e. The van der Waals surface area contributed by atoms with Crippen molar-refractivity contribution < 1.29 is 33.6 Å². The number of hydrogen-bond acceptors (Lipinski definition) is 4. The Bertz CT molecular complexity index is 293. The molecule has 0 bridgehead atoms. The first-order chi connectivity index (χ1) is 8.02. The molecule has 108 valence electrons. The Morgan fingerprint density at radius 2 is 1.83 bits per heavy atom. The Kier molecular flexibility index (Phi) is 4.32. The Morgan fingerprint density at radius 3 is 2.28 bits per heavy atom. The van der Waals surface area contributed by atoms with Crippen LogP contribution in [0.1, 0.15) is 32.6 Å². The van der Waals surface area contributed by atoms with Gasteiger partial charge >= 0.3 is 6.18 Å². The van der Waals surface area contributed by atoms with Crippen molar-refractivity contribution in [2.45, 2.75) is 50.2 Å². The number of alkyl halides is 3. The molecule has 3 atom stereocenters. The number of rotatable bonds is 4. The maximum atomic E-state index is 12.4. The van der Waals surface area contributed by atoms with Crippen LogP contribution >= 0.6 is 0 Å². The summed E-state index contributed by atoms with van der Waals surface area (Å²) in [6.07, 6.45) is -5.47. The average molecular weight is 272 g/mol. The standard InChI is InChI=1S/C11H19F3O4/c1-7-4-8(2-3-15)5-9(7,16)6-10(17,18)11(12,13)14/h7-8,15-18H,2-6H2,1H3. The van der Waals surface area contributed by atoms with Gasteiger partial charge in [-0.1, -0.05) is 6.92 Å². The lowest BCUT2D eigenvalue weighted by atomic mass is 9.85. The second-order valence-corrected chi connectivity index (χ2v) is 5.31. The number of halogens is 3. The van der Waals surface area contributed by atoms with Crippen LogP contribution in [0.25, 0.3) is 0 Å². The predicted molar refractivity (Wildman–Crippen MR) is 56.4 cm³/mol. The summed E-state index contributed by atoms with van der Waals surface area (Å²) in [7, 11) is 0. The third-order valence-electron chi connectivity index (χ3n) is 3.79. The lowest BCUT2D eigenvalue weighted by molar-refractivity contribution is -0.363. The van der Waals surface area contributed by atoms with Crippen molar-refractivity contribution in [2.24, 2.45) is 11.8 Å². The van der Waals surface area contributed by atoms with Crippen molar-refractivity contribution in [1.29, 1.82) is 0 Å². The van der Waals surface area contributed by atoms with E-state index < -0.39 is 29.9 Å². The van der Waals surface area contributed by atoms with Crippen LogP contribution in [-0.2, 0) is 0 Å². The van der Waals surface area contributed by atoms with Crippen LogP contribution in [0.15, 0.2) is 0 Å². The first-order valence-electron chi connectivity index (χ1n) is 5.86. The highest BCUT2D eigenvalue weighted by Crippen LogP contribution is 2.47. The van der Waals surface area contributed by atoms with E-state index in [2.05, 4.69) is 0 Å². The first-order valence-corrected chi connectivity index (χ1v) is 5.86. The van der Waals surface area contributed by atoms with Gasteiger partial charge in [-0.15, -0.1) is 0 Å². The van der Waals surface area contributed by atoms with Crippen molar-refractivity contribution in [2.75, 3.05) is 6.61 Å². The number of hydrogen-bond donors (Lipinski definition) is 4. The van der Waals surface area contributed by atoms with Crippen molar-refractivity contribution in [3.05, 3.63) is 0 Å². The minimum Gasteiger partial charge on any atom is -0.396 e. The van der Waals surface area contributed by atoms with Crippen molar-refractivity contribution in [3.63, 3.8) is 0 Å². The van der Waals surface area contributed by atoms with Crippen molar-refractivity contribution in [1.82, 2.24) is 0 Å². The van der Waals surface area contributed by atoms with Crippen LogP contribution in [0.4, 0.5) is 13.2 Å². The summed E-state index contributed by atoms with van der Waals surface area (Å²) >= 11 is 0. The summed E-state index contributed by atoms with van der Waals surface area (Å²) in [4.78, 5) is 0. The van der Waals surface area contributed by atoms with Gasteiger partial charge in [-0.25, -0.2) is 0 Å². The monoisotopic (exact) mass is 272 g/mol. The van der Waals surface area contributed by atoms with E-state index in [1.54, 1.807) is 6.92 Å². The third-order valence-corrected chi connectivity index (χ3v) is 3.79. The molecule has 0 aromatic rings. The molecule has 1 saturated carbocycles. The van der Waals surface area contributed by atoms with Crippen LogP contribution in [-0.4, -0.2) is 44.6 Å². The summed E-state index contributed by atoms with van der Waals surface area (Å²) in [6, 6.07) is 0. The topological polar surface area (TPSA) is 80.9 Å². The van der Waals surface area contributed by atoms with E-state index in [4.69, 9.17) is 15.3 Å². The molecule has 0 saturated heterocycles. The van der Waals surface area contributed by atoms with Gasteiger partial charge in [-0.2, -0.15) is 13.2 Å². The van der Waals surface area contributed by atoms with Gasteiger partial charge in [0.2, 0.25) is 0 Å². The van der Waals surface area contributed by atoms with E-state index in [1.807, 2.05) is 0 Å². The predicted octanol–water partition coefficient (Wildman–Crippen LogP) is 0.779. The Hall–Kier alpha value is -0.370. The molecule has 4 nitrogen and oxygen atoms in total. The molecule has 3 unspecified atom stereocenters. The highest BCUT2D eigenvalue weighted by Gasteiger charge is 2.59. The lowest BCUT2D eigenvalue weighted by Gasteiger charge is -2.35. The normalized spacial score (nSPS) is 34.0. The Labute approximate surface area is 103 Å². The van der Waals surface area contributed by atoms with Gasteiger partial charge in [0.25, 0.3) is 5.79 Å². The van der Waals surface area contributed by atoms with Crippen molar-refractivity contribution >= 4 is 0 Å². The van der Waals surface area contributed by atoms with E-state index in [0.29, 0.717) is 12.8 Å². The second-order valence-electron chi connectivity index (χ2n) is 5.31. The highest BCUT2D eigenvalue weighted by molar-refractivity contribution is 4.98. The molecular formula is C11H19F3O4. The number of aliphatic hydroxyl groups excluding tert-OH is 1. The summed E-state index contributed by atoms with van der Waals surface area (Å²) in [6.45, 7) is 1.47. The van der Waals surface area contributed by atoms with Gasteiger partial charge in [0.15, 0.2) is 0 Å². The summed E-state index contributed by atoms with van der Waals surface area (Å²) in [5.74, 6) is -4.46. The molecule has 0 aromatic carbocycles. The minimum atomic E-state index is -5.20. The van der Waals surface area contributed by atoms with Gasteiger partial charge in [-0.05, 0) is 31.1 Å². The fraction of sp³-hybridized carbons (Fsp3) is 1.00. The smallest absolute Gasteiger partial charge is 0.396 e. The average Bonchev–Trinajstić information content (AvgIpc) is 2.39. The fourth-order valence-corrected chi connectivity index (χ4v) is 2.68. The Balaban J connectivity index is 2.77. The van der Waals surface area contributed by atoms with E-state index in [9.17, 15) is 18.3 Å². The molecule has 0 aromatic heterocycles. The SMILES string of the molecule is CC1CC(CCO)CC1(O)CC(O)(O)C(F)(F)F. The van der Waals surface area contributed by atoms with E-state index in [0.717, 1.165) is 0 Å². The summed E-state index contributed by atoms with van der Waals surface area (Å²) in [5, 5.41) is 37.0. The van der Waals surface area contributed by atoms with Crippen LogP contribution in [0.3, 0.4) is 0 Å². The zero-order valence-electron chi connectivity index (χ0n) is 10.1. The molecule has 4 N–H and O–H groups in total. The third kappa shape index (κ3) is 3.14. The van der Waals surface area contributed by atoms with Crippen LogP contribution in [0, 0.1) is 11.8 Å². The Morgan fingerprint density at radius 1 is 1.28 bits per heavy atom. The second kappa shape index (κ2) is 4.96. The molecule has 0 heterocycles. The van der Waals surface area contributed by atoms with Gasteiger partial charge in [0.1, 0.15) is 0 Å². The molecule has 7 heteroatoms. The number of aliphatic hydroxyl groups is 4. The fourth-order valence-electron chi connectivity index (χ4n) is 2.68. The molecule has 0 spiro atoms. The van der Waals surface area contributed by atoms with Gasteiger partial charge in [0, 0.05) is 13.0 Å². The van der Waals surface area contributed by atoms with E-state index >= 15 is 0 Å². The molecular weight excluding hydrogens is 253 g/mol. The molecule has 0 aliphatic heterocycles. The minimum absolute atomic E-state index is 0.0354. The summed E-state index contributed by atoms with van der Waals surface area (Å²) in [5.41, 5.74) is -1.77. The highest BCUT2D eigenvalue weighted by atomic mass is 19.4. The van der Waals surface area contributed by atoms with E-state index in [1.165, 1.54) is 0 Å². The molecule has 0 radical (unpaired) electrons. The lowest BCUT2D eigenvalue weighted by Crippen LogP contribution is -2.52. The van der Waals surface area contributed by atoms with E-state index in [-0.39, 0.29) is 18.9 Å². The zero-order valence-corrected chi connectivity index (χ0v) is 10.1. The molecule has 1 aliphatic rings. The first kappa shape index (κ1) is 15.7. The maximum absolute atomic E-state index is 12.4. The maximum Gasteiger partial charge on any atom is 0.442 e. The van der Waals surface area contributed by atoms with Gasteiger partial charge in [0.05, 0.1) is 5.60 Å². The van der Waals surface area contributed by atoms with Crippen LogP contribution < -0.4 is 0 Å². The molecule has 1 fully saturated rings. The summed E-state index contributed by atoms with van der Waals surface area (Å²) < 4.78 is 37.1. The van der Waals surface area contributed by atoms with Crippen molar-refractivity contribution in [3.8, 4) is 0 Å². The van der Waals surface area contributed by atoms with Gasteiger partial charge < -0.3 is 20.4 Å².